The van der Waals surface area contributed by atoms with Crippen molar-refractivity contribution in [3.8, 4) is 23.1 Å². The molecular weight excluding hydrogens is 418 g/mol. The van der Waals surface area contributed by atoms with Gasteiger partial charge in [-0.05, 0) is 32.8 Å². The Bertz CT molecular complexity index is 1330. The van der Waals surface area contributed by atoms with Crippen molar-refractivity contribution in [3.63, 3.8) is 0 Å². The fourth-order valence-electron chi connectivity index (χ4n) is 4.30. The number of nitrogens with zero attached hydrogens (tertiary/aromatic N) is 8. The number of hydrogen-bond donors (Lipinski definition) is 2. The first-order chi connectivity index (χ1) is 16.0. The molecule has 2 atom stereocenters. The monoisotopic (exact) mass is 443 g/mol. The molecule has 10 nitrogen and oxygen atoms in total. The minimum atomic E-state index is -0.398. The summed E-state index contributed by atoms with van der Waals surface area (Å²) in [6.07, 6.45) is 10.2. The lowest BCUT2D eigenvalue weighted by atomic mass is 9.93. The lowest BCUT2D eigenvalue weighted by Gasteiger charge is -2.27. The van der Waals surface area contributed by atoms with Crippen LogP contribution in [0.15, 0.2) is 37.1 Å². The summed E-state index contributed by atoms with van der Waals surface area (Å²) >= 11 is 0. The number of pyridine rings is 2. The van der Waals surface area contributed by atoms with Gasteiger partial charge >= 0.3 is 0 Å². The van der Waals surface area contributed by atoms with Gasteiger partial charge in [-0.3, -0.25) is 4.57 Å². The number of nitriles is 1. The SMILES string of the molecule is CC(C)Nc1cc(-n2cnc3cc(C#N)cnc32)ncc1-c1cn([C@@H]2CCCC[C@H]2O)nn1. The maximum atomic E-state index is 10.4. The number of hydrogen-bond acceptors (Lipinski definition) is 8. The van der Waals surface area contributed by atoms with E-state index in [2.05, 4.69) is 50.5 Å². The average molecular weight is 444 g/mol. The molecule has 1 saturated carbocycles. The molecule has 5 rings (SSSR count). The molecule has 168 valence electrons. The second-order valence-corrected chi connectivity index (χ2v) is 8.68. The minimum absolute atomic E-state index is 0.0459. The highest BCUT2D eigenvalue weighted by Crippen LogP contribution is 2.32. The van der Waals surface area contributed by atoms with Crippen LogP contribution in [0, 0.1) is 11.3 Å². The number of rotatable bonds is 5. The fourth-order valence-corrected chi connectivity index (χ4v) is 4.30. The molecule has 2 N–H and O–H groups in total. The lowest BCUT2D eigenvalue weighted by molar-refractivity contribution is 0.0685. The normalized spacial score (nSPS) is 18.5. The highest BCUT2D eigenvalue weighted by molar-refractivity contribution is 5.78. The summed E-state index contributed by atoms with van der Waals surface area (Å²) in [6, 6.07) is 5.87. The smallest absolute Gasteiger partial charge is 0.165 e. The van der Waals surface area contributed by atoms with E-state index in [1.54, 1.807) is 27.8 Å². The molecule has 1 fully saturated rings. The van der Waals surface area contributed by atoms with Crippen LogP contribution in [-0.2, 0) is 0 Å². The van der Waals surface area contributed by atoms with Gasteiger partial charge in [-0.25, -0.2) is 19.6 Å². The van der Waals surface area contributed by atoms with E-state index in [9.17, 15) is 5.11 Å². The van der Waals surface area contributed by atoms with Crippen LogP contribution in [0.5, 0.6) is 0 Å². The van der Waals surface area contributed by atoms with Gasteiger partial charge in [0.2, 0.25) is 0 Å². The molecule has 0 bridgehead atoms. The van der Waals surface area contributed by atoms with Crippen LogP contribution in [0.3, 0.4) is 0 Å². The molecule has 4 aromatic heterocycles. The van der Waals surface area contributed by atoms with Gasteiger partial charge in [0.25, 0.3) is 0 Å². The Morgan fingerprint density at radius 3 is 2.79 bits per heavy atom. The van der Waals surface area contributed by atoms with Crippen molar-refractivity contribution in [2.24, 2.45) is 0 Å². The summed E-state index contributed by atoms with van der Waals surface area (Å²) < 4.78 is 3.58. The highest BCUT2D eigenvalue weighted by atomic mass is 16.3. The second-order valence-electron chi connectivity index (χ2n) is 8.68. The minimum Gasteiger partial charge on any atom is -0.391 e. The predicted molar refractivity (Wildman–Crippen MR) is 123 cm³/mol. The van der Waals surface area contributed by atoms with Crippen LogP contribution < -0.4 is 5.32 Å². The van der Waals surface area contributed by atoms with Crippen molar-refractivity contribution in [3.05, 3.63) is 42.6 Å². The second kappa shape index (κ2) is 8.60. The summed E-state index contributed by atoms with van der Waals surface area (Å²) in [5.74, 6) is 0.650. The van der Waals surface area contributed by atoms with Crippen molar-refractivity contribution >= 4 is 16.9 Å². The van der Waals surface area contributed by atoms with Gasteiger partial charge in [-0.2, -0.15) is 5.26 Å². The summed E-state index contributed by atoms with van der Waals surface area (Å²) in [6.45, 7) is 4.13. The number of fused-ring (bicyclic) bond motifs is 1. The molecule has 10 heteroatoms. The van der Waals surface area contributed by atoms with Crippen molar-refractivity contribution in [2.75, 3.05) is 5.32 Å². The number of nitrogens with one attached hydrogen (secondary N) is 1. The zero-order valence-corrected chi connectivity index (χ0v) is 18.5. The maximum Gasteiger partial charge on any atom is 0.165 e. The fraction of sp³-hybridized carbons (Fsp3) is 0.391. The van der Waals surface area contributed by atoms with Gasteiger partial charge in [0.05, 0.1) is 23.9 Å². The first-order valence-corrected chi connectivity index (χ1v) is 11.1. The molecule has 4 heterocycles. The van der Waals surface area contributed by atoms with Crippen LogP contribution in [-0.4, -0.2) is 51.8 Å². The predicted octanol–water partition coefficient (Wildman–Crippen LogP) is 3.24. The molecule has 1 aliphatic carbocycles. The molecule has 0 aliphatic heterocycles. The van der Waals surface area contributed by atoms with E-state index >= 15 is 0 Å². The summed E-state index contributed by atoms with van der Waals surface area (Å²) in [7, 11) is 0. The number of aromatic nitrogens is 7. The number of imidazole rings is 1. The topological polar surface area (TPSA) is 130 Å². The Hall–Kier alpha value is -3.84. The summed E-state index contributed by atoms with van der Waals surface area (Å²) in [5, 5.41) is 31.7. The van der Waals surface area contributed by atoms with E-state index in [1.165, 1.54) is 6.20 Å². The van der Waals surface area contributed by atoms with E-state index < -0.39 is 6.10 Å². The quantitative estimate of drug-likeness (QED) is 0.481. The summed E-state index contributed by atoms with van der Waals surface area (Å²) in [5.41, 5.74) is 4.11. The van der Waals surface area contributed by atoms with Crippen molar-refractivity contribution in [1.82, 2.24) is 34.5 Å². The molecule has 0 spiro atoms. The molecule has 4 aromatic rings. The molecule has 0 saturated heterocycles. The molecule has 0 aromatic carbocycles. The largest absolute Gasteiger partial charge is 0.391 e. The van der Waals surface area contributed by atoms with Crippen molar-refractivity contribution in [2.45, 2.75) is 57.7 Å². The first-order valence-electron chi connectivity index (χ1n) is 11.1. The van der Waals surface area contributed by atoms with E-state index in [4.69, 9.17) is 5.26 Å². The Balaban J connectivity index is 1.53. The van der Waals surface area contributed by atoms with Gasteiger partial charge < -0.3 is 10.4 Å². The molecule has 0 radical (unpaired) electrons. The molecule has 1 aliphatic rings. The van der Waals surface area contributed by atoms with Crippen molar-refractivity contribution < 1.29 is 5.11 Å². The van der Waals surface area contributed by atoms with Gasteiger partial charge in [0, 0.05) is 35.8 Å². The van der Waals surface area contributed by atoms with Gasteiger partial charge in [0.1, 0.15) is 29.4 Å². The van der Waals surface area contributed by atoms with E-state index in [0.717, 1.165) is 36.9 Å². The zero-order chi connectivity index (χ0) is 22.9. The number of aliphatic hydroxyl groups is 1. The molecule has 33 heavy (non-hydrogen) atoms. The zero-order valence-electron chi connectivity index (χ0n) is 18.5. The van der Waals surface area contributed by atoms with Crippen LogP contribution in [0.4, 0.5) is 5.69 Å². The van der Waals surface area contributed by atoms with Crippen LogP contribution >= 0.6 is 0 Å². The van der Waals surface area contributed by atoms with Gasteiger partial charge in [-0.15, -0.1) is 5.10 Å². The first kappa shape index (κ1) is 21.0. The number of anilines is 1. The van der Waals surface area contributed by atoms with E-state index in [1.807, 2.05) is 12.3 Å². The Labute approximate surface area is 190 Å². The lowest BCUT2D eigenvalue weighted by Crippen LogP contribution is -2.27. The molecule has 0 amide bonds. The van der Waals surface area contributed by atoms with Gasteiger partial charge in [-0.1, -0.05) is 18.1 Å². The third-order valence-corrected chi connectivity index (χ3v) is 5.92. The standard InChI is InChI=1S/C23H25N9O/c1-14(2)28-17-8-22(31-13-27-18-7-15(9-24)10-26-23(18)31)25-11-16(17)19-12-32(30-29-19)20-5-3-4-6-21(20)33/h7-8,10-14,20-21,33H,3-6H2,1-2H3,(H,25,28)/t20-,21-/m1/s1. The molecular formula is C23H25N9O. The molecule has 0 unspecified atom stereocenters. The maximum absolute atomic E-state index is 10.4. The average Bonchev–Trinajstić information content (AvgIpc) is 3.46. The van der Waals surface area contributed by atoms with Crippen LogP contribution in [0.2, 0.25) is 0 Å². The third-order valence-electron chi connectivity index (χ3n) is 5.92. The Morgan fingerprint density at radius 1 is 1.15 bits per heavy atom. The Kier molecular flexibility index (Phi) is 5.48. The Morgan fingerprint density at radius 2 is 2.00 bits per heavy atom. The number of aliphatic hydroxyl groups excluding tert-OH is 1. The third kappa shape index (κ3) is 4.03. The highest BCUT2D eigenvalue weighted by Gasteiger charge is 2.26. The summed E-state index contributed by atoms with van der Waals surface area (Å²) in [4.78, 5) is 13.4. The van der Waals surface area contributed by atoms with Crippen LogP contribution in [0.1, 0.15) is 51.1 Å². The van der Waals surface area contributed by atoms with E-state index in [0.29, 0.717) is 28.2 Å². The van der Waals surface area contributed by atoms with Crippen molar-refractivity contribution in [1.29, 1.82) is 5.26 Å². The van der Waals surface area contributed by atoms with Crippen LogP contribution in [0.25, 0.3) is 28.2 Å². The van der Waals surface area contributed by atoms with Gasteiger partial charge in [0.15, 0.2) is 5.65 Å². The van der Waals surface area contributed by atoms with E-state index in [-0.39, 0.29) is 12.1 Å².